The number of nitrogens with zero attached hydrogens (tertiary/aromatic N) is 2. The van der Waals surface area contributed by atoms with Crippen molar-refractivity contribution in [3.63, 3.8) is 0 Å². The first-order valence-corrected chi connectivity index (χ1v) is 6.63. The molecule has 6 heteroatoms. The summed E-state index contributed by atoms with van der Waals surface area (Å²) < 4.78 is 6.66. The van der Waals surface area contributed by atoms with Gasteiger partial charge < -0.3 is 10.1 Å². The number of aryl methyl sites for hydroxylation is 2. The van der Waals surface area contributed by atoms with Crippen LogP contribution in [0.15, 0.2) is 24.3 Å². The van der Waals surface area contributed by atoms with Crippen molar-refractivity contribution in [1.82, 2.24) is 9.78 Å². The average Bonchev–Trinajstić information content (AvgIpc) is 2.75. The maximum Gasteiger partial charge on any atom is 0.275 e. The summed E-state index contributed by atoms with van der Waals surface area (Å²) in [5.74, 6) is 0.457. The van der Waals surface area contributed by atoms with Crippen LogP contribution in [0.2, 0.25) is 5.02 Å². The van der Waals surface area contributed by atoms with Gasteiger partial charge in [0.05, 0.1) is 17.8 Å². The lowest BCUT2D eigenvalue weighted by Crippen LogP contribution is -2.17. The number of carbonyl (C=O) groups is 1. The van der Waals surface area contributed by atoms with E-state index in [9.17, 15) is 4.79 Å². The number of methoxy groups -OCH3 is 1. The zero-order valence-electron chi connectivity index (χ0n) is 11.6. The van der Waals surface area contributed by atoms with Gasteiger partial charge in [0.25, 0.3) is 5.91 Å². The first-order valence-electron chi connectivity index (χ1n) is 6.25. The van der Waals surface area contributed by atoms with E-state index in [1.165, 1.54) is 0 Å². The van der Waals surface area contributed by atoms with Crippen LogP contribution >= 0.6 is 11.6 Å². The summed E-state index contributed by atoms with van der Waals surface area (Å²) in [6, 6.07) is 7.09. The fraction of sp³-hybridized carbons (Fsp3) is 0.286. The van der Waals surface area contributed by atoms with Crippen LogP contribution in [0.25, 0.3) is 0 Å². The number of halogens is 1. The molecule has 0 fully saturated rings. The van der Waals surface area contributed by atoms with Crippen LogP contribution in [-0.2, 0) is 6.54 Å². The van der Waals surface area contributed by atoms with Crippen LogP contribution in [-0.4, -0.2) is 22.8 Å². The van der Waals surface area contributed by atoms with E-state index in [-0.39, 0.29) is 5.91 Å². The van der Waals surface area contributed by atoms with Gasteiger partial charge in [-0.15, -0.1) is 0 Å². The number of nitrogens with one attached hydrogen (secondary N) is 1. The fourth-order valence-corrected chi connectivity index (χ4v) is 2.09. The summed E-state index contributed by atoms with van der Waals surface area (Å²) in [5, 5.41) is 7.41. The maximum absolute atomic E-state index is 12.3. The standard InChI is InChI=1S/C14H16ClN3O2/c1-4-18-13(12(15)9(2)17-18)14(19)16-10-5-7-11(20-3)8-6-10/h5-8H,4H2,1-3H3,(H,16,19). The normalized spacial score (nSPS) is 10.4. The van der Waals surface area contributed by atoms with Crippen molar-refractivity contribution in [1.29, 1.82) is 0 Å². The third kappa shape index (κ3) is 2.77. The smallest absolute Gasteiger partial charge is 0.275 e. The summed E-state index contributed by atoms with van der Waals surface area (Å²) in [6.45, 7) is 4.27. The highest BCUT2D eigenvalue weighted by Gasteiger charge is 2.19. The lowest BCUT2D eigenvalue weighted by Gasteiger charge is -2.08. The molecule has 0 radical (unpaired) electrons. The second-order valence-electron chi connectivity index (χ2n) is 4.25. The molecule has 1 amide bonds. The van der Waals surface area contributed by atoms with Gasteiger partial charge in [-0.05, 0) is 38.1 Å². The summed E-state index contributed by atoms with van der Waals surface area (Å²) in [4.78, 5) is 12.3. The molecule has 106 valence electrons. The van der Waals surface area contributed by atoms with Gasteiger partial charge in [-0.2, -0.15) is 5.10 Å². The zero-order chi connectivity index (χ0) is 14.7. The van der Waals surface area contributed by atoms with E-state index in [1.54, 1.807) is 43.0 Å². The number of ether oxygens (including phenoxy) is 1. The molecule has 1 aromatic carbocycles. The Labute approximate surface area is 122 Å². The molecule has 2 rings (SSSR count). The molecule has 0 bridgehead atoms. The molecule has 0 aliphatic rings. The van der Waals surface area contributed by atoms with Crippen molar-refractivity contribution < 1.29 is 9.53 Å². The molecule has 0 saturated heterocycles. The second-order valence-corrected chi connectivity index (χ2v) is 4.62. The van der Waals surface area contributed by atoms with Crippen molar-refractivity contribution in [2.75, 3.05) is 12.4 Å². The number of amides is 1. The van der Waals surface area contributed by atoms with Gasteiger partial charge in [-0.1, -0.05) is 11.6 Å². The van der Waals surface area contributed by atoms with Crippen LogP contribution < -0.4 is 10.1 Å². The predicted molar refractivity (Wildman–Crippen MR) is 78.6 cm³/mol. The van der Waals surface area contributed by atoms with E-state index in [0.29, 0.717) is 28.6 Å². The summed E-state index contributed by atoms with van der Waals surface area (Å²) in [7, 11) is 1.59. The van der Waals surface area contributed by atoms with E-state index in [1.807, 2.05) is 6.92 Å². The van der Waals surface area contributed by atoms with E-state index in [4.69, 9.17) is 16.3 Å². The number of anilines is 1. The Morgan fingerprint density at radius 2 is 2.05 bits per heavy atom. The van der Waals surface area contributed by atoms with Gasteiger partial charge in [-0.3, -0.25) is 9.48 Å². The van der Waals surface area contributed by atoms with Crippen LogP contribution in [0.5, 0.6) is 5.75 Å². The van der Waals surface area contributed by atoms with Crippen molar-refractivity contribution in [2.24, 2.45) is 0 Å². The highest BCUT2D eigenvalue weighted by Crippen LogP contribution is 2.22. The molecule has 0 saturated carbocycles. The molecule has 20 heavy (non-hydrogen) atoms. The van der Waals surface area contributed by atoms with E-state index >= 15 is 0 Å². The fourth-order valence-electron chi connectivity index (χ4n) is 1.87. The Kier molecular flexibility index (Phi) is 4.29. The SMILES string of the molecule is CCn1nc(C)c(Cl)c1C(=O)Nc1ccc(OC)cc1. The van der Waals surface area contributed by atoms with E-state index < -0.39 is 0 Å². The van der Waals surface area contributed by atoms with Crippen LogP contribution in [0.1, 0.15) is 23.1 Å². The highest BCUT2D eigenvalue weighted by molar-refractivity contribution is 6.34. The van der Waals surface area contributed by atoms with Gasteiger partial charge in [-0.25, -0.2) is 0 Å². The molecular weight excluding hydrogens is 278 g/mol. The molecular formula is C14H16ClN3O2. The predicted octanol–water partition coefficient (Wildman–Crippen LogP) is 3.13. The van der Waals surface area contributed by atoms with Crippen LogP contribution in [0, 0.1) is 6.92 Å². The van der Waals surface area contributed by atoms with E-state index in [2.05, 4.69) is 10.4 Å². The molecule has 5 nitrogen and oxygen atoms in total. The second kappa shape index (κ2) is 5.96. The van der Waals surface area contributed by atoms with Crippen molar-refractivity contribution in [2.45, 2.75) is 20.4 Å². The Bertz CT molecular complexity index is 620. The van der Waals surface area contributed by atoms with Gasteiger partial charge in [0.2, 0.25) is 0 Å². The first-order chi connectivity index (χ1) is 9.56. The summed E-state index contributed by atoms with van der Waals surface area (Å²) in [5.41, 5.74) is 1.70. The van der Waals surface area contributed by atoms with Gasteiger partial charge in [0, 0.05) is 12.2 Å². The Hall–Kier alpha value is -2.01. The molecule has 0 aliphatic carbocycles. The third-order valence-corrected chi connectivity index (χ3v) is 3.37. The van der Waals surface area contributed by atoms with E-state index in [0.717, 1.165) is 5.75 Å². The quantitative estimate of drug-likeness (QED) is 0.942. The number of benzene rings is 1. The summed E-state index contributed by atoms with van der Waals surface area (Å²) in [6.07, 6.45) is 0. The highest BCUT2D eigenvalue weighted by atomic mass is 35.5. The van der Waals surface area contributed by atoms with Crippen molar-refractivity contribution in [3.05, 3.63) is 40.7 Å². The zero-order valence-corrected chi connectivity index (χ0v) is 12.4. The topological polar surface area (TPSA) is 56.2 Å². The minimum Gasteiger partial charge on any atom is -0.497 e. The molecule has 0 spiro atoms. The van der Waals surface area contributed by atoms with Crippen LogP contribution in [0.4, 0.5) is 5.69 Å². The number of carbonyl (C=O) groups excluding carboxylic acids is 1. The average molecular weight is 294 g/mol. The maximum atomic E-state index is 12.3. The number of hydrogen-bond donors (Lipinski definition) is 1. The Morgan fingerprint density at radius 3 is 2.60 bits per heavy atom. The number of hydrogen-bond acceptors (Lipinski definition) is 3. The minimum absolute atomic E-state index is 0.275. The lowest BCUT2D eigenvalue weighted by molar-refractivity contribution is 0.101. The Balaban J connectivity index is 2.23. The van der Waals surface area contributed by atoms with Gasteiger partial charge in [0.1, 0.15) is 11.4 Å². The minimum atomic E-state index is -0.275. The van der Waals surface area contributed by atoms with Crippen molar-refractivity contribution >= 4 is 23.2 Å². The lowest BCUT2D eigenvalue weighted by atomic mass is 10.3. The largest absolute Gasteiger partial charge is 0.497 e. The first kappa shape index (κ1) is 14.4. The molecule has 0 aliphatic heterocycles. The molecule has 0 unspecified atom stereocenters. The van der Waals surface area contributed by atoms with Crippen LogP contribution in [0.3, 0.4) is 0 Å². The van der Waals surface area contributed by atoms with Crippen molar-refractivity contribution in [3.8, 4) is 5.75 Å². The Morgan fingerprint density at radius 1 is 1.40 bits per heavy atom. The molecule has 1 heterocycles. The molecule has 0 atom stereocenters. The number of aromatic nitrogens is 2. The van der Waals surface area contributed by atoms with Gasteiger partial charge in [0.15, 0.2) is 0 Å². The van der Waals surface area contributed by atoms with Gasteiger partial charge >= 0.3 is 0 Å². The third-order valence-electron chi connectivity index (χ3n) is 2.92. The molecule has 1 N–H and O–H groups in total. The summed E-state index contributed by atoms with van der Waals surface area (Å²) >= 11 is 6.14. The monoisotopic (exact) mass is 293 g/mol. The molecule has 1 aromatic heterocycles. The molecule has 2 aromatic rings. The number of rotatable bonds is 4.